The fourth-order valence-corrected chi connectivity index (χ4v) is 3.43. The molecule has 0 saturated carbocycles. The number of likely N-dealkylation sites (tertiary alicyclic amines) is 1. The van der Waals surface area contributed by atoms with Gasteiger partial charge in [-0.25, -0.2) is 9.97 Å². The topological polar surface area (TPSA) is 90.3 Å². The molecular formula is C21H21N5O3. The van der Waals surface area contributed by atoms with Gasteiger partial charge in [0.25, 0.3) is 5.91 Å². The van der Waals surface area contributed by atoms with Crippen molar-refractivity contribution >= 4 is 5.91 Å². The predicted octanol–water partition coefficient (Wildman–Crippen LogP) is 3.09. The van der Waals surface area contributed by atoms with Crippen LogP contribution in [0.4, 0.5) is 0 Å². The minimum absolute atomic E-state index is 0.0266. The van der Waals surface area contributed by atoms with Crippen molar-refractivity contribution in [1.29, 1.82) is 0 Å². The van der Waals surface area contributed by atoms with Crippen molar-refractivity contribution in [2.75, 3.05) is 20.2 Å². The number of benzene rings is 1. The fourth-order valence-electron chi connectivity index (χ4n) is 3.43. The zero-order chi connectivity index (χ0) is 20.1. The molecule has 3 heterocycles. The van der Waals surface area contributed by atoms with E-state index in [4.69, 9.17) is 9.47 Å². The Morgan fingerprint density at radius 2 is 1.93 bits per heavy atom. The molecule has 1 amide bonds. The summed E-state index contributed by atoms with van der Waals surface area (Å²) in [5.41, 5.74) is 1.09. The Kier molecular flexibility index (Phi) is 5.60. The highest BCUT2D eigenvalue weighted by Gasteiger charge is 2.29. The second kappa shape index (κ2) is 8.64. The molecular weight excluding hydrogens is 370 g/mol. The van der Waals surface area contributed by atoms with Gasteiger partial charge >= 0.3 is 0 Å². The number of hydrogen-bond donors (Lipinski definition) is 0. The van der Waals surface area contributed by atoms with E-state index in [-0.39, 0.29) is 11.8 Å². The normalized spacial score (nSPS) is 16.3. The molecule has 0 aliphatic carbocycles. The van der Waals surface area contributed by atoms with Gasteiger partial charge in [0, 0.05) is 49.9 Å². The lowest BCUT2D eigenvalue weighted by molar-refractivity contribution is 0.0698. The van der Waals surface area contributed by atoms with Gasteiger partial charge in [-0.15, -0.1) is 0 Å². The van der Waals surface area contributed by atoms with Gasteiger partial charge in [0.2, 0.25) is 5.88 Å². The first-order valence-electron chi connectivity index (χ1n) is 9.42. The second-order valence-electron chi connectivity index (χ2n) is 6.71. The van der Waals surface area contributed by atoms with E-state index in [1.54, 1.807) is 36.7 Å². The highest BCUT2D eigenvalue weighted by molar-refractivity contribution is 5.92. The van der Waals surface area contributed by atoms with Gasteiger partial charge in [-0.2, -0.15) is 0 Å². The summed E-state index contributed by atoms with van der Waals surface area (Å²) >= 11 is 0. The van der Waals surface area contributed by atoms with Gasteiger partial charge in [-0.1, -0.05) is 6.07 Å². The molecule has 3 aromatic rings. The second-order valence-corrected chi connectivity index (χ2v) is 6.71. The molecule has 1 saturated heterocycles. The molecule has 1 aromatic carbocycles. The zero-order valence-electron chi connectivity index (χ0n) is 16.1. The van der Waals surface area contributed by atoms with Gasteiger partial charge in [-0.05, 0) is 25.0 Å². The van der Waals surface area contributed by atoms with Gasteiger partial charge in [0.1, 0.15) is 22.9 Å². The number of ether oxygens (including phenoxy) is 2. The lowest BCUT2D eigenvalue weighted by atomic mass is 9.94. The number of carbonyl (C=O) groups is 1. The molecule has 148 valence electrons. The molecule has 8 heteroatoms. The number of amides is 1. The first-order chi connectivity index (χ1) is 14.2. The zero-order valence-corrected chi connectivity index (χ0v) is 16.1. The minimum atomic E-state index is -0.123. The molecule has 8 nitrogen and oxygen atoms in total. The Labute approximate surface area is 168 Å². The van der Waals surface area contributed by atoms with Crippen LogP contribution in [0.1, 0.15) is 34.9 Å². The first kappa shape index (κ1) is 18.8. The van der Waals surface area contributed by atoms with E-state index in [1.165, 1.54) is 12.4 Å². The van der Waals surface area contributed by atoms with Crippen LogP contribution in [0, 0.1) is 0 Å². The molecule has 1 fully saturated rings. The SMILES string of the molecule is COc1cccc(Oc2nccnc2[C@H]2CCCN(C(=O)c3cnccn3)C2)c1. The molecule has 2 aromatic heterocycles. The third kappa shape index (κ3) is 4.31. The van der Waals surface area contributed by atoms with Crippen LogP contribution in [-0.4, -0.2) is 50.9 Å². The average Bonchev–Trinajstić information content (AvgIpc) is 2.80. The monoisotopic (exact) mass is 391 g/mol. The average molecular weight is 391 g/mol. The van der Waals surface area contributed by atoms with Crippen LogP contribution in [0.3, 0.4) is 0 Å². The molecule has 1 atom stereocenters. The lowest BCUT2D eigenvalue weighted by Crippen LogP contribution is -2.39. The van der Waals surface area contributed by atoms with E-state index in [0.717, 1.165) is 18.5 Å². The van der Waals surface area contributed by atoms with Gasteiger partial charge in [0.05, 0.1) is 13.3 Å². The van der Waals surface area contributed by atoms with Gasteiger partial charge < -0.3 is 14.4 Å². The van der Waals surface area contributed by atoms with Crippen LogP contribution in [-0.2, 0) is 0 Å². The summed E-state index contributed by atoms with van der Waals surface area (Å²) in [5.74, 6) is 1.67. The first-order valence-corrected chi connectivity index (χ1v) is 9.42. The number of aromatic nitrogens is 4. The number of piperidine rings is 1. The lowest BCUT2D eigenvalue weighted by Gasteiger charge is -2.32. The van der Waals surface area contributed by atoms with Crippen LogP contribution in [0.15, 0.2) is 55.2 Å². The smallest absolute Gasteiger partial charge is 0.274 e. The standard InChI is InChI=1S/C21H21N5O3/c1-28-16-5-2-6-17(12-16)29-20-19(24-9-10-25-20)15-4-3-11-26(14-15)21(27)18-13-22-7-8-23-18/h2,5-10,12-13,15H,3-4,11,14H2,1H3/t15-/m0/s1. The highest BCUT2D eigenvalue weighted by atomic mass is 16.5. The summed E-state index contributed by atoms with van der Waals surface area (Å²) in [4.78, 5) is 31.6. The Bertz CT molecular complexity index is 983. The summed E-state index contributed by atoms with van der Waals surface area (Å²) in [5, 5.41) is 0. The Hall–Kier alpha value is -3.55. The molecule has 1 aliphatic rings. The van der Waals surface area contributed by atoms with Crippen LogP contribution in [0.25, 0.3) is 0 Å². The maximum Gasteiger partial charge on any atom is 0.274 e. The van der Waals surface area contributed by atoms with Crippen LogP contribution < -0.4 is 9.47 Å². The van der Waals surface area contributed by atoms with E-state index in [0.29, 0.717) is 36.2 Å². The molecule has 1 aliphatic heterocycles. The quantitative estimate of drug-likeness (QED) is 0.660. The number of methoxy groups -OCH3 is 1. The third-order valence-corrected chi connectivity index (χ3v) is 4.82. The molecule has 0 N–H and O–H groups in total. The van der Waals surface area contributed by atoms with Crippen molar-refractivity contribution in [3.63, 3.8) is 0 Å². The maximum absolute atomic E-state index is 12.8. The number of carbonyl (C=O) groups excluding carboxylic acids is 1. The van der Waals surface area contributed by atoms with E-state index in [2.05, 4.69) is 19.9 Å². The van der Waals surface area contributed by atoms with E-state index in [1.807, 2.05) is 18.2 Å². The number of nitrogens with zero attached hydrogens (tertiary/aromatic N) is 5. The van der Waals surface area contributed by atoms with Crippen LogP contribution >= 0.6 is 0 Å². The van der Waals surface area contributed by atoms with Gasteiger partial charge in [-0.3, -0.25) is 14.8 Å². The van der Waals surface area contributed by atoms with Crippen LogP contribution in [0.2, 0.25) is 0 Å². The predicted molar refractivity (Wildman–Crippen MR) is 105 cm³/mol. The maximum atomic E-state index is 12.8. The summed E-state index contributed by atoms with van der Waals surface area (Å²) in [6, 6.07) is 7.34. The summed E-state index contributed by atoms with van der Waals surface area (Å²) in [7, 11) is 1.61. The molecule has 29 heavy (non-hydrogen) atoms. The van der Waals surface area contributed by atoms with E-state index < -0.39 is 0 Å². The van der Waals surface area contributed by atoms with Crippen LogP contribution in [0.5, 0.6) is 17.4 Å². The third-order valence-electron chi connectivity index (χ3n) is 4.82. The van der Waals surface area contributed by atoms with E-state index >= 15 is 0 Å². The summed E-state index contributed by atoms with van der Waals surface area (Å²) < 4.78 is 11.3. The summed E-state index contributed by atoms with van der Waals surface area (Å²) in [6.45, 7) is 1.21. The molecule has 4 rings (SSSR count). The largest absolute Gasteiger partial charge is 0.497 e. The Balaban J connectivity index is 1.54. The Morgan fingerprint density at radius 1 is 1.10 bits per heavy atom. The van der Waals surface area contributed by atoms with Crippen molar-refractivity contribution in [1.82, 2.24) is 24.8 Å². The highest BCUT2D eigenvalue weighted by Crippen LogP contribution is 2.33. The minimum Gasteiger partial charge on any atom is -0.497 e. The Morgan fingerprint density at radius 3 is 2.76 bits per heavy atom. The molecule has 0 unspecified atom stereocenters. The van der Waals surface area contributed by atoms with Gasteiger partial charge in [0.15, 0.2) is 0 Å². The molecule has 0 radical (unpaired) electrons. The van der Waals surface area contributed by atoms with E-state index in [9.17, 15) is 4.79 Å². The number of rotatable bonds is 5. The fraction of sp³-hybridized carbons (Fsp3) is 0.286. The van der Waals surface area contributed by atoms with Crippen molar-refractivity contribution < 1.29 is 14.3 Å². The number of hydrogen-bond acceptors (Lipinski definition) is 7. The van der Waals surface area contributed by atoms with Crippen molar-refractivity contribution in [3.05, 3.63) is 66.6 Å². The summed E-state index contributed by atoms with van der Waals surface area (Å²) in [6.07, 6.45) is 9.59. The van der Waals surface area contributed by atoms with Crippen molar-refractivity contribution in [2.24, 2.45) is 0 Å². The van der Waals surface area contributed by atoms with Crippen molar-refractivity contribution in [2.45, 2.75) is 18.8 Å². The van der Waals surface area contributed by atoms with Crippen molar-refractivity contribution in [3.8, 4) is 17.4 Å². The molecule has 0 bridgehead atoms. The molecule has 0 spiro atoms.